The van der Waals surface area contributed by atoms with Crippen molar-refractivity contribution in [3.63, 3.8) is 0 Å². The molecule has 0 radical (unpaired) electrons. The minimum Gasteiger partial charge on any atom is -0.298 e. The third-order valence-electron chi connectivity index (χ3n) is 1.64. The van der Waals surface area contributed by atoms with E-state index < -0.39 is 0 Å². The summed E-state index contributed by atoms with van der Waals surface area (Å²) >= 11 is 11.0. The molecule has 0 aliphatic heterocycles. The molecular weight excluding hydrogens is 316 g/mol. The van der Waals surface area contributed by atoms with Gasteiger partial charge in [-0.1, -0.05) is 37.9 Å². The second-order valence-corrected chi connectivity index (χ2v) is 4.90. The van der Waals surface area contributed by atoms with Crippen molar-refractivity contribution in [2.45, 2.75) is 16.6 Å². The average molecular weight is 324 g/mol. The maximum atomic E-state index is 11.1. The number of benzene rings is 1. The zero-order valence-electron chi connectivity index (χ0n) is 6.92. The van der Waals surface area contributed by atoms with E-state index in [-0.39, 0.29) is 10.6 Å². The van der Waals surface area contributed by atoms with Crippen LogP contribution in [0.15, 0.2) is 27.6 Å². The van der Waals surface area contributed by atoms with E-state index in [1.54, 1.807) is 6.92 Å². The first kappa shape index (κ1) is 11.3. The number of Topliss-reactive ketones (excluding diaryl/α,β-unsaturated/α-hetero) is 1. The Morgan fingerprint density at radius 1 is 1.54 bits per heavy atom. The highest BCUT2D eigenvalue weighted by atomic mass is 79.9. The number of halogens is 2. The first-order chi connectivity index (χ1) is 6.04. The fourth-order valence-corrected chi connectivity index (χ4v) is 3.04. The van der Waals surface area contributed by atoms with Gasteiger partial charge in [-0.25, -0.2) is 0 Å². The topological polar surface area (TPSA) is 17.1 Å². The molecule has 0 aliphatic carbocycles. The van der Waals surface area contributed by atoms with Crippen LogP contribution >= 0.6 is 44.5 Å². The van der Waals surface area contributed by atoms with Gasteiger partial charge in [0, 0.05) is 14.9 Å². The highest BCUT2D eigenvalue weighted by Crippen LogP contribution is 2.34. The Labute approximate surface area is 99.6 Å². The van der Waals surface area contributed by atoms with Crippen molar-refractivity contribution in [1.29, 1.82) is 0 Å². The number of carbonyl (C=O) groups excluding carboxylic acids is 1. The first-order valence-corrected chi connectivity index (χ1v) is 5.81. The predicted molar refractivity (Wildman–Crippen MR) is 63.7 cm³/mol. The van der Waals surface area contributed by atoms with Crippen LogP contribution in [0.4, 0.5) is 0 Å². The van der Waals surface area contributed by atoms with Crippen molar-refractivity contribution >= 4 is 50.3 Å². The highest BCUT2D eigenvalue weighted by molar-refractivity contribution is 9.11. The van der Waals surface area contributed by atoms with Crippen molar-refractivity contribution in [3.05, 3.63) is 28.2 Å². The van der Waals surface area contributed by atoms with Gasteiger partial charge in [0.15, 0.2) is 0 Å². The summed E-state index contributed by atoms with van der Waals surface area (Å²) in [4.78, 5) is 11.7. The van der Waals surface area contributed by atoms with E-state index in [1.165, 1.54) is 0 Å². The Balaban J connectivity index is 3.20. The molecule has 70 valence electrons. The lowest BCUT2D eigenvalue weighted by molar-refractivity contribution is -0.116. The SMILES string of the molecule is CC(=O)C(Br)c1c(S)cccc1Br. The monoisotopic (exact) mass is 322 g/mol. The van der Waals surface area contributed by atoms with E-state index in [4.69, 9.17) is 0 Å². The van der Waals surface area contributed by atoms with Gasteiger partial charge >= 0.3 is 0 Å². The molecule has 13 heavy (non-hydrogen) atoms. The highest BCUT2D eigenvalue weighted by Gasteiger charge is 2.17. The fraction of sp³-hybridized carbons (Fsp3) is 0.222. The van der Waals surface area contributed by atoms with Crippen LogP contribution < -0.4 is 0 Å². The van der Waals surface area contributed by atoms with E-state index in [9.17, 15) is 4.79 Å². The number of hydrogen-bond donors (Lipinski definition) is 1. The predicted octanol–water partition coefficient (Wildman–Crippen LogP) is 3.76. The molecule has 0 fully saturated rings. The summed E-state index contributed by atoms with van der Waals surface area (Å²) in [6, 6.07) is 5.64. The number of ketones is 1. The molecule has 1 aromatic rings. The molecule has 0 saturated heterocycles. The Bertz CT molecular complexity index is 318. The summed E-state index contributed by atoms with van der Waals surface area (Å²) < 4.78 is 0.900. The Hall–Kier alpha value is 0.200. The quantitative estimate of drug-likeness (QED) is 0.647. The van der Waals surface area contributed by atoms with E-state index in [0.717, 1.165) is 14.9 Å². The molecule has 1 unspecified atom stereocenters. The number of thiol groups is 1. The summed E-state index contributed by atoms with van der Waals surface area (Å²) in [6.07, 6.45) is 0. The molecule has 1 rings (SSSR count). The molecule has 0 spiro atoms. The van der Waals surface area contributed by atoms with Gasteiger partial charge in [0.05, 0.1) is 4.83 Å². The standard InChI is InChI=1S/C9H8Br2OS/c1-5(12)9(11)8-6(10)3-2-4-7(8)13/h2-4,9,13H,1H3. The number of alkyl halides is 1. The van der Waals surface area contributed by atoms with Crippen LogP contribution in [0.1, 0.15) is 17.3 Å². The van der Waals surface area contributed by atoms with Crippen LogP contribution in [0.25, 0.3) is 0 Å². The molecule has 0 N–H and O–H groups in total. The molecule has 1 atom stereocenters. The average Bonchev–Trinajstić information content (AvgIpc) is 2.03. The minimum absolute atomic E-state index is 0.0715. The van der Waals surface area contributed by atoms with Gasteiger partial charge < -0.3 is 0 Å². The Morgan fingerprint density at radius 3 is 2.62 bits per heavy atom. The maximum absolute atomic E-state index is 11.1. The maximum Gasteiger partial charge on any atom is 0.147 e. The summed E-state index contributed by atoms with van der Waals surface area (Å²) in [5.41, 5.74) is 0.887. The van der Waals surface area contributed by atoms with Crippen LogP contribution in [-0.4, -0.2) is 5.78 Å². The lowest BCUT2D eigenvalue weighted by Gasteiger charge is -2.11. The van der Waals surface area contributed by atoms with Crippen molar-refractivity contribution in [2.24, 2.45) is 0 Å². The molecule has 4 heteroatoms. The second-order valence-electron chi connectivity index (χ2n) is 2.65. The lowest BCUT2D eigenvalue weighted by Crippen LogP contribution is -2.02. The molecule has 0 aromatic heterocycles. The summed E-state index contributed by atoms with van der Waals surface area (Å²) in [5, 5.41) is 0. The van der Waals surface area contributed by atoms with Crippen molar-refractivity contribution < 1.29 is 4.79 Å². The van der Waals surface area contributed by atoms with Crippen LogP contribution in [0.3, 0.4) is 0 Å². The Kier molecular flexibility index (Phi) is 4.01. The summed E-state index contributed by atoms with van der Waals surface area (Å²) in [7, 11) is 0. The lowest BCUT2D eigenvalue weighted by atomic mass is 10.1. The van der Waals surface area contributed by atoms with Gasteiger partial charge in [-0.15, -0.1) is 12.6 Å². The van der Waals surface area contributed by atoms with Gasteiger partial charge in [-0.3, -0.25) is 4.79 Å². The van der Waals surface area contributed by atoms with E-state index in [1.807, 2.05) is 18.2 Å². The molecule has 0 saturated carbocycles. The van der Waals surface area contributed by atoms with Crippen LogP contribution in [0.2, 0.25) is 0 Å². The molecule has 0 amide bonds. The van der Waals surface area contributed by atoms with Gasteiger partial charge in [0.25, 0.3) is 0 Å². The minimum atomic E-state index is -0.282. The number of hydrogen-bond acceptors (Lipinski definition) is 2. The number of carbonyl (C=O) groups is 1. The van der Waals surface area contributed by atoms with Gasteiger partial charge in [-0.2, -0.15) is 0 Å². The molecule has 0 aliphatic rings. The third kappa shape index (κ3) is 2.58. The van der Waals surface area contributed by atoms with Crippen molar-refractivity contribution in [2.75, 3.05) is 0 Å². The van der Waals surface area contributed by atoms with Gasteiger partial charge in [-0.05, 0) is 19.1 Å². The van der Waals surface area contributed by atoms with E-state index >= 15 is 0 Å². The summed E-state index contributed by atoms with van der Waals surface area (Å²) in [5.74, 6) is 0.0715. The third-order valence-corrected chi connectivity index (χ3v) is 3.82. The Morgan fingerprint density at radius 2 is 2.15 bits per heavy atom. The number of rotatable bonds is 2. The van der Waals surface area contributed by atoms with Crippen molar-refractivity contribution in [3.8, 4) is 0 Å². The van der Waals surface area contributed by atoms with E-state index in [0.29, 0.717) is 0 Å². The fourth-order valence-electron chi connectivity index (χ4n) is 0.980. The summed E-state index contributed by atoms with van der Waals surface area (Å²) in [6.45, 7) is 1.55. The molecule has 1 aromatic carbocycles. The molecular formula is C9H8Br2OS. The zero-order valence-corrected chi connectivity index (χ0v) is 11.0. The van der Waals surface area contributed by atoms with Crippen LogP contribution in [0, 0.1) is 0 Å². The van der Waals surface area contributed by atoms with Gasteiger partial charge in [0.1, 0.15) is 5.78 Å². The normalized spacial score (nSPS) is 12.6. The molecule has 0 bridgehead atoms. The molecule has 0 heterocycles. The largest absolute Gasteiger partial charge is 0.298 e. The van der Waals surface area contributed by atoms with Gasteiger partial charge in [0.2, 0.25) is 0 Å². The zero-order chi connectivity index (χ0) is 10.0. The van der Waals surface area contributed by atoms with E-state index in [2.05, 4.69) is 44.5 Å². The smallest absolute Gasteiger partial charge is 0.147 e. The first-order valence-electron chi connectivity index (χ1n) is 3.66. The molecule has 1 nitrogen and oxygen atoms in total. The van der Waals surface area contributed by atoms with Crippen molar-refractivity contribution in [1.82, 2.24) is 0 Å². The van der Waals surface area contributed by atoms with Crippen LogP contribution in [0.5, 0.6) is 0 Å². The van der Waals surface area contributed by atoms with Crippen LogP contribution in [-0.2, 0) is 4.79 Å². The second kappa shape index (κ2) is 4.62.